The first-order valence-corrected chi connectivity index (χ1v) is 23.6. The molecule has 0 unspecified atom stereocenters. The van der Waals surface area contributed by atoms with Gasteiger partial charge in [-0.2, -0.15) is 18.7 Å². The molecular weight excluding hydrogens is 1010 g/mol. The highest BCUT2D eigenvalue weighted by Crippen LogP contribution is 2.33. The van der Waals surface area contributed by atoms with E-state index in [0.717, 1.165) is 37.9 Å². The number of carboxylic acid groups (broad SMARTS) is 1. The maximum atomic E-state index is 13.4. The number of carboxylic acids is 1. The Kier molecular flexibility index (Phi) is 15.4. The van der Waals surface area contributed by atoms with E-state index in [-0.39, 0.29) is 18.6 Å². The number of hydrogen-bond acceptors (Lipinski definition) is 23. The van der Waals surface area contributed by atoms with Gasteiger partial charge in [0.25, 0.3) is 29.4 Å². The third-order valence-corrected chi connectivity index (χ3v) is 12.2. The zero-order chi connectivity index (χ0) is 53.6. The lowest BCUT2D eigenvalue weighted by molar-refractivity contribution is -0.131. The van der Waals surface area contributed by atoms with Crippen molar-refractivity contribution < 1.29 is 33.8 Å². The van der Waals surface area contributed by atoms with Crippen LogP contribution in [0.1, 0.15) is 39.5 Å². The fourth-order valence-corrected chi connectivity index (χ4v) is 8.49. The minimum atomic E-state index is -1.54. The Morgan fingerprint density at radius 3 is 1.49 bits per heavy atom. The molecule has 4 N–H and O–H groups in total. The van der Waals surface area contributed by atoms with Crippen molar-refractivity contribution >= 4 is 57.1 Å². The number of aromatic amines is 2. The normalized spacial score (nSPS) is 13.3. The Morgan fingerprint density at radius 2 is 1.06 bits per heavy atom. The summed E-state index contributed by atoms with van der Waals surface area (Å²) in [5, 5.41) is 52.6. The van der Waals surface area contributed by atoms with Crippen LogP contribution in [0, 0.1) is 13.8 Å². The number of tetrazole rings is 2. The van der Waals surface area contributed by atoms with Crippen LogP contribution in [0.25, 0.3) is 45.1 Å². The Morgan fingerprint density at radius 1 is 0.590 bits per heavy atom. The Labute approximate surface area is 441 Å². The lowest BCUT2D eigenvalue weighted by Crippen LogP contribution is -2.51. The molecular formula is C47H50N24O7. The number of pyridine rings is 4. The molecule has 0 radical (unpaired) electrons. The molecule has 78 heavy (non-hydrogen) atoms. The Balaban J connectivity index is 0.000000156. The molecule has 31 heteroatoms. The third kappa shape index (κ3) is 10.5. The summed E-state index contributed by atoms with van der Waals surface area (Å²) >= 11 is 0. The number of rotatable bonds is 12. The highest BCUT2D eigenvalue weighted by Gasteiger charge is 2.32. The second-order valence-corrected chi connectivity index (χ2v) is 17.0. The number of fused-ring (bicyclic) bond motifs is 2. The van der Waals surface area contributed by atoms with Crippen LogP contribution in [0.5, 0.6) is 11.5 Å². The molecule has 2 saturated heterocycles. The number of ether oxygens (including phenoxy) is 2. The summed E-state index contributed by atoms with van der Waals surface area (Å²) in [5.41, 5.74) is 2.55. The summed E-state index contributed by atoms with van der Waals surface area (Å²) in [6.07, 6.45) is 12.5. The average Bonchev–Trinajstić information content (AvgIpc) is 4.47. The Hall–Kier alpha value is -10.5. The molecule has 10 aromatic heterocycles. The molecule has 0 aromatic carbocycles. The van der Waals surface area contributed by atoms with E-state index in [9.17, 15) is 19.2 Å². The molecule has 0 saturated carbocycles. The van der Waals surface area contributed by atoms with Crippen molar-refractivity contribution in [3.05, 3.63) is 108 Å². The third-order valence-electron chi connectivity index (χ3n) is 12.2. The standard InChI is InChI=1S/C23H22N12O3.C13H11N5O4.C10H13N7.CH4/c1-14-13-34(30-27-14)21-19-18(16(38-2)12-26-21)15(11-25-19)20(36)22(37)32-7-9-33(10-8-32)23-28-29-31-35(23)17-5-3-4-6-24-17;1-6-5-18(17-16-6)12-10-9(8(22-2)4-15-12)7(3-14-10)11(19)13(20)21;1-2-4-12-9(3-1)17-10(13-14-15-17)16-7-5-11-6-8-16;/h3-6,11-13,25H,7-10H2,1-2H3;3-5,14H,1-2H3,(H,20,21);1-4,11H,5-8H2;1H4. The number of amides is 1. The van der Waals surface area contributed by atoms with Crippen molar-refractivity contribution in [2.24, 2.45) is 0 Å². The minimum Gasteiger partial charge on any atom is -0.494 e. The largest absolute Gasteiger partial charge is 0.494 e. The van der Waals surface area contributed by atoms with E-state index in [1.165, 1.54) is 53.3 Å². The van der Waals surface area contributed by atoms with Gasteiger partial charge in [-0.1, -0.05) is 40.2 Å². The van der Waals surface area contributed by atoms with Crippen molar-refractivity contribution in [3.8, 4) is 34.8 Å². The number of carbonyl (C=O) groups excluding carboxylic acids is 3. The van der Waals surface area contributed by atoms with Crippen molar-refractivity contribution in [2.45, 2.75) is 21.3 Å². The zero-order valence-electron chi connectivity index (χ0n) is 41.5. The van der Waals surface area contributed by atoms with Crippen LogP contribution < -0.4 is 24.6 Å². The maximum Gasteiger partial charge on any atom is 0.377 e. The first-order valence-electron chi connectivity index (χ1n) is 23.6. The minimum absolute atomic E-state index is 0. The quantitative estimate of drug-likeness (QED) is 0.0986. The molecule has 12 rings (SSSR count). The smallest absolute Gasteiger partial charge is 0.377 e. The van der Waals surface area contributed by atoms with Gasteiger partial charge in [0.05, 0.1) is 83.3 Å². The second kappa shape index (κ2) is 23.0. The fourth-order valence-electron chi connectivity index (χ4n) is 8.49. The molecule has 0 atom stereocenters. The molecule has 0 spiro atoms. The van der Waals surface area contributed by atoms with Gasteiger partial charge >= 0.3 is 5.97 Å². The molecule has 2 aliphatic rings. The number of piperazine rings is 2. The van der Waals surface area contributed by atoms with Crippen molar-refractivity contribution in [2.75, 3.05) is 76.4 Å². The molecule has 12 heterocycles. The first kappa shape index (κ1) is 52.4. The maximum absolute atomic E-state index is 13.4. The van der Waals surface area contributed by atoms with Crippen molar-refractivity contribution in [3.63, 3.8) is 0 Å². The van der Waals surface area contributed by atoms with Crippen LogP contribution in [0.3, 0.4) is 0 Å². The number of methoxy groups -OCH3 is 2. The van der Waals surface area contributed by atoms with E-state index in [0.29, 0.717) is 94.3 Å². The van der Waals surface area contributed by atoms with Gasteiger partial charge in [0.1, 0.15) is 11.5 Å². The number of carbonyl (C=O) groups is 4. The number of nitrogens with zero attached hydrogens (tertiary/aromatic N) is 21. The van der Waals surface area contributed by atoms with E-state index in [1.807, 2.05) is 42.2 Å². The molecule has 2 fully saturated rings. The van der Waals surface area contributed by atoms with Crippen LogP contribution in [-0.4, -0.2) is 200 Å². The highest BCUT2D eigenvalue weighted by atomic mass is 16.5. The van der Waals surface area contributed by atoms with Crippen LogP contribution in [0.15, 0.2) is 86.0 Å². The zero-order valence-corrected chi connectivity index (χ0v) is 41.5. The molecule has 2 aliphatic heterocycles. The number of anilines is 2. The predicted octanol–water partition coefficient (Wildman–Crippen LogP) is 1.19. The van der Waals surface area contributed by atoms with Gasteiger partial charge in [-0.25, -0.2) is 24.7 Å². The summed E-state index contributed by atoms with van der Waals surface area (Å²) in [4.78, 5) is 78.2. The number of Topliss-reactive ketones (excluding diaryl/α,β-unsaturated/α-hetero) is 2. The van der Waals surface area contributed by atoms with Gasteiger partial charge < -0.3 is 44.6 Å². The van der Waals surface area contributed by atoms with Crippen LogP contribution in [-0.2, 0) is 9.59 Å². The van der Waals surface area contributed by atoms with Crippen molar-refractivity contribution in [1.82, 2.24) is 111 Å². The summed E-state index contributed by atoms with van der Waals surface area (Å²) in [6, 6.07) is 11.2. The molecule has 0 bridgehead atoms. The van der Waals surface area contributed by atoms with Gasteiger partial charge in [-0.05, 0) is 59.0 Å². The number of aromatic nitrogens is 20. The van der Waals surface area contributed by atoms with E-state index in [2.05, 4.69) is 91.8 Å². The number of H-pyrrole nitrogens is 2. The first-order chi connectivity index (χ1) is 37.5. The SMILES string of the molecule is C.COc1cnc(-n2cc(C)nn2)c2[nH]cc(C(=O)C(=O)N3CCN(c4nnnn4-c4ccccn4)CC3)c12.COc1cnc(-n2cc(C)nn2)c2[nH]cc(C(=O)C(=O)O)c12.c1ccc(-n2nnnc2N2CCNCC2)nc1. The van der Waals surface area contributed by atoms with Gasteiger partial charge in [0.2, 0.25) is 0 Å². The number of ketones is 2. The van der Waals surface area contributed by atoms with Crippen LogP contribution >= 0.6 is 0 Å². The van der Waals surface area contributed by atoms with Crippen molar-refractivity contribution in [1.29, 1.82) is 0 Å². The number of nitrogens with one attached hydrogen (secondary N) is 3. The topological polar surface area (TPSA) is 360 Å². The van der Waals surface area contributed by atoms with Gasteiger partial charge in [0, 0.05) is 77.1 Å². The average molecular weight is 1060 g/mol. The molecule has 0 aliphatic carbocycles. The second-order valence-electron chi connectivity index (χ2n) is 17.0. The molecule has 1 amide bonds. The van der Waals surface area contributed by atoms with Gasteiger partial charge in [-0.15, -0.1) is 10.2 Å². The lowest BCUT2D eigenvalue weighted by Gasteiger charge is -2.34. The Bertz CT molecular complexity index is 3720. The van der Waals surface area contributed by atoms with E-state index in [1.54, 1.807) is 47.1 Å². The summed E-state index contributed by atoms with van der Waals surface area (Å²) < 4.78 is 16.8. The number of aliphatic carboxylic acids is 1. The molecule has 400 valence electrons. The van der Waals surface area contributed by atoms with E-state index < -0.39 is 23.4 Å². The lowest BCUT2D eigenvalue weighted by atomic mass is 10.1. The fraction of sp³-hybridized carbons (Fsp3) is 0.277. The molecule has 10 aromatic rings. The summed E-state index contributed by atoms with van der Waals surface area (Å²) in [5.74, 6) is 0.264. The van der Waals surface area contributed by atoms with E-state index in [4.69, 9.17) is 14.6 Å². The van der Waals surface area contributed by atoms with E-state index >= 15 is 0 Å². The van der Waals surface area contributed by atoms with Gasteiger partial charge in [-0.3, -0.25) is 14.4 Å². The van der Waals surface area contributed by atoms with Gasteiger partial charge in [0.15, 0.2) is 23.3 Å². The number of aryl methyl sites for hydroxylation is 2. The summed E-state index contributed by atoms with van der Waals surface area (Å²) in [6.45, 7) is 8.86. The van der Waals surface area contributed by atoms with Crippen LogP contribution in [0.4, 0.5) is 11.9 Å². The summed E-state index contributed by atoms with van der Waals surface area (Å²) in [7, 11) is 2.90. The van der Waals surface area contributed by atoms with Crippen LogP contribution in [0.2, 0.25) is 0 Å². The molecule has 31 nitrogen and oxygen atoms in total. The highest BCUT2D eigenvalue weighted by molar-refractivity contribution is 6.45. The predicted molar refractivity (Wildman–Crippen MR) is 275 cm³/mol. The number of hydrogen-bond donors (Lipinski definition) is 4. The monoisotopic (exact) mass is 1060 g/mol.